The van der Waals surface area contributed by atoms with E-state index in [1.54, 1.807) is 21.9 Å². The van der Waals surface area contributed by atoms with Crippen LogP contribution >= 0.6 is 0 Å². The molecule has 1 aromatic carbocycles. The Morgan fingerprint density at radius 1 is 1.07 bits per heavy atom. The smallest absolute Gasteiger partial charge is 0.406 e. The molecule has 4 rings (SSSR count). The average molecular weight is 424 g/mol. The number of hydrogen-bond acceptors (Lipinski definition) is 6. The van der Waals surface area contributed by atoms with Crippen molar-refractivity contribution in [1.29, 1.82) is 0 Å². The Kier molecular flexibility index (Phi) is 5.31. The third kappa shape index (κ3) is 4.69. The van der Waals surface area contributed by atoms with Crippen LogP contribution in [0.2, 0.25) is 0 Å². The normalized spacial score (nSPS) is 21.4. The van der Waals surface area contributed by atoms with Gasteiger partial charge in [0.2, 0.25) is 11.8 Å². The summed E-state index contributed by atoms with van der Waals surface area (Å²) in [5, 5.41) is 10.6. The number of aromatic nitrogens is 4. The fourth-order valence-corrected chi connectivity index (χ4v) is 3.66. The van der Waals surface area contributed by atoms with Gasteiger partial charge in [0.25, 0.3) is 0 Å². The molecule has 2 amide bonds. The van der Waals surface area contributed by atoms with Crippen LogP contribution in [-0.2, 0) is 16.1 Å². The summed E-state index contributed by atoms with van der Waals surface area (Å²) in [4.78, 5) is 28.4. The number of ether oxygens (including phenoxy) is 1. The van der Waals surface area contributed by atoms with Gasteiger partial charge in [0.15, 0.2) is 0 Å². The predicted octanol–water partition coefficient (Wildman–Crippen LogP) is 1.05. The fourth-order valence-electron chi connectivity index (χ4n) is 3.66. The minimum atomic E-state index is -4.73. The number of carbonyl (C=O) groups excluding carboxylic acids is 2. The van der Waals surface area contributed by atoms with Gasteiger partial charge in [0.05, 0.1) is 0 Å². The van der Waals surface area contributed by atoms with Gasteiger partial charge in [-0.3, -0.25) is 9.59 Å². The van der Waals surface area contributed by atoms with E-state index in [9.17, 15) is 22.8 Å². The van der Waals surface area contributed by atoms with Crippen LogP contribution in [-0.4, -0.2) is 74.4 Å². The van der Waals surface area contributed by atoms with E-state index in [1.807, 2.05) is 0 Å². The molecule has 1 aromatic heterocycles. The summed E-state index contributed by atoms with van der Waals surface area (Å²) in [6.07, 6.45) is -2.70. The number of rotatable bonds is 5. The monoisotopic (exact) mass is 424 g/mol. The molecule has 12 heteroatoms. The van der Waals surface area contributed by atoms with Gasteiger partial charge in [0, 0.05) is 32.1 Å². The lowest BCUT2D eigenvalue weighted by molar-refractivity contribution is -0.274. The van der Waals surface area contributed by atoms with Crippen molar-refractivity contribution in [3.8, 4) is 5.75 Å². The Balaban J connectivity index is 1.26. The predicted molar refractivity (Wildman–Crippen MR) is 95.0 cm³/mol. The molecule has 2 heterocycles. The van der Waals surface area contributed by atoms with Crippen molar-refractivity contribution in [3.05, 3.63) is 36.2 Å². The van der Waals surface area contributed by atoms with Gasteiger partial charge < -0.3 is 14.5 Å². The molecule has 1 aliphatic carbocycles. The van der Waals surface area contributed by atoms with Gasteiger partial charge in [-0.1, -0.05) is 12.1 Å². The van der Waals surface area contributed by atoms with Crippen molar-refractivity contribution in [1.82, 2.24) is 30.0 Å². The number of halogens is 3. The van der Waals surface area contributed by atoms with Crippen LogP contribution in [0.3, 0.4) is 0 Å². The van der Waals surface area contributed by atoms with E-state index in [0.29, 0.717) is 32.6 Å². The summed E-state index contributed by atoms with van der Waals surface area (Å²) in [6, 6.07) is 5.65. The van der Waals surface area contributed by atoms with Crippen molar-refractivity contribution in [2.75, 3.05) is 26.2 Å². The molecule has 0 bridgehead atoms. The maximum atomic E-state index is 12.7. The number of nitrogens with zero attached hydrogens (tertiary/aromatic N) is 6. The van der Waals surface area contributed by atoms with Crippen LogP contribution in [0.5, 0.6) is 5.75 Å². The summed E-state index contributed by atoms with van der Waals surface area (Å²) >= 11 is 0. The lowest BCUT2D eigenvalue weighted by Crippen LogP contribution is -2.51. The summed E-state index contributed by atoms with van der Waals surface area (Å²) in [6.45, 7) is 1.82. The lowest BCUT2D eigenvalue weighted by Gasteiger charge is -2.35. The molecule has 0 spiro atoms. The quantitative estimate of drug-likeness (QED) is 0.712. The Bertz CT molecular complexity index is 895. The number of amides is 2. The molecule has 1 saturated carbocycles. The number of tetrazole rings is 1. The van der Waals surface area contributed by atoms with E-state index in [1.165, 1.54) is 23.1 Å². The van der Waals surface area contributed by atoms with E-state index in [2.05, 4.69) is 20.3 Å². The van der Waals surface area contributed by atoms with Gasteiger partial charge in [-0.15, -0.1) is 18.3 Å². The first-order chi connectivity index (χ1) is 14.3. The molecule has 1 saturated heterocycles. The van der Waals surface area contributed by atoms with Crippen LogP contribution in [0, 0.1) is 5.92 Å². The van der Waals surface area contributed by atoms with Gasteiger partial charge in [-0.25, -0.2) is 4.68 Å². The molecular formula is C18H19F3N6O3. The zero-order valence-electron chi connectivity index (χ0n) is 15.8. The zero-order chi connectivity index (χ0) is 21.3. The van der Waals surface area contributed by atoms with E-state index >= 15 is 0 Å². The number of alkyl halides is 3. The summed E-state index contributed by atoms with van der Waals surface area (Å²) < 4.78 is 42.0. The van der Waals surface area contributed by atoms with Gasteiger partial charge in [-0.05, 0) is 40.5 Å². The van der Waals surface area contributed by atoms with E-state index in [-0.39, 0.29) is 35.9 Å². The van der Waals surface area contributed by atoms with Crippen molar-refractivity contribution in [3.63, 3.8) is 0 Å². The lowest BCUT2D eigenvalue weighted by atomic mass is 10.1. The molecule has 0 radical (unpaired) electrons. The number of piperazine rings is 1. The molecule has 0 unspecified atom stereocenters. The SMILES string of the molecule is O=C(Cn1cnnn1)N1CCN(C(=O)[C@@H]2C[C@H]2c2ccc(OC(F)(F)F)cc2)CC1. The van der Waals surface area contributed by atoms with Gasteiger partial charge in [0.1, 0.15) is 18.6 Å². The average Bonchev–Trinajstić information content (AvgIpc) is 3.35. The standard InChI is InChI=1S/C18H19F3N6O3/c19-18(20,21)30-13-3-1-12(2-4-13)14-9-15(14)17(29)26-7-5-25(6-8-26)16(28)10-27-11-22-23-24-27/h1-4,11,14-15H,5-10H2/t14-,15+/m0/s1. The Morgan fingerprint density at radius 2 is 1.73 bits per heavy atom. The fraction of sp³-hybridized carbons (Fsp3) is 0.500. The van der Waals surface area contributed by atoms with Gasteiger partial charge in [-0.2, -0.15) is 0 Å². The van der Waals surface area contributed by atoms with Gasteiger partial charge >= 0.3 is 6.36 Å². The largest absolute Gasteiger partial charge is 0.573 e. The molecule has 2 atom stereocenters. The highest BCUT2D eigenvalue weighted by Crippen LogP contribution is 2.48. The Labute approximate surface area is 169 Å². The molecule has 160 valence electrons. The molecular weight excluding hydrogens is 405 g/mol. The maximum absolute atomic E-state index is 12.7. The minimum absolute atomic E-state index is 0.00286. The number of carbonyl (C=O) groups is 2. The summed E-state index contributed by atoms with van der Waals surface area (Å²) in [7, 11) is 0. The van der Waals surface area contributed by atoms with Crippen molar-refractivity contribution in [2.24, 2.45) is 5.92 Å². The van der Waals surface area contributed by atoms with Crippen molar-refractivity contribution >= 4 is 11.8 Å². The van der Waals surface area contributed by atoms with Crippen LogP contribution < -0.4 is 4.74 Å². The second-order valence-corrected chi connectivity index (χ2v) is 7.28. The second kappa shape index (κ2) is 7.92. The van der Waals surface area contributed by atoms with E-state index in [0.717, 1.165) is 5.56 Å². The second-order valence-electron chi connectivity index (χ2n) is 7.28. The zero-order valence-corrected chi connectivity index (χ0v) is 15.8. The molecule has 2 fully saturated rings. The molecule has 1 aliphatic heterocycles. The van der Waals surface area contributed by atoms with Crippen molar-refractivity contribution < 1.29 is 27.5 Å². The highest BCUT2D eigenvalue weighted by Gasteiger charge is 2.46. The Morgan fingerprint density at radius 3 is 2.33 bits per heavy atom. The topological polar surface area (TPSA) is 93.5 Å². The number of hydrogen-bond donors (Lipinski definition) is 0. The number of benzene rings is 1. The summed E-state index contributed by atoms with van der Waals surface area (Å²) in [5.41, 5.74) is 0.818. The molecule has 30 heavy (non-hydrogen) atoms. The van der Waals surface area contributed by atoms with Crippen molar-refractivity contribution in [2.45, 2.75) is 25.2 Å². The summed E-state index contributed by atoms with van der Waals surface area (Å²) in [5.74, 6) is -0.555. The molecule has 2 aromatic rings. The highest BCUT2D eigenvalue weighted by molar-refractivity contribution is 5.83. The van der Waals surface area contributed by atoms with Crippen LogP contribution in [0.1, 0.15) is 17.9 Å². The Hall–Kier alpha value is -3.18. The highest BCUT2D eigenvalue weighted by atomic mass is 19.4. The molecule has 2 aliphatic rings. The molecule has 0 N–H and O–H groups in total. The maximum Gasteiger partial charge on any atom is 0.573 e. The van der Waals surface area contributed by atoms with Crippen LogP contribution in [0.15, 0.2) is 30.6 Å². The van der Waals surface area contributed by atoms with E-state index in [4.69, 9.17) is 0 Å². The molecule has 9 nitrogen and oxygen atoms in total. The third-order valence-electron chi connectivity index (χ3n) is 5.28. The first kappa shape index (κ1) is 20.1. The third-order valence-corrected chi connectivity index (χ3v) is 5.28. The first-order valence-corrected chi connectivity index (χ1v) is 9.43. The minimum Gasteiger partial charge on any atom is -0.406 e. The van der Waals surface area contributed by atoms with E-state index < -0.39 is 6.36 Å². The van der Waals surface area contributed by atoms with Crippen LogP contribution in [0.25, 0.3) is 0 Å². The first-order valence-electron chi connectivity index (χ1n) is 9.43. The van der Waals surface area contributed by atoms with Crippen LogP contribution in [0.4, 0.5) is 13.2 Å².